The molecule has 1 aromatic heterocycles. The minimum Gasteiger partial charge on any atom is -0.375 e. The van der Waals surface area contributed by atoms with Crippen LogP contribution in [0.5, 0.6) is 0 Å². The maximum Gasteiger partial charge on any atom is 0.416 e. The highest BCUT2D eigenvalue weighted by Gasteiger charge is 2.40. The standard InChI is InChI=1S/C23H20F3N3O3/c1-31-22(13-32-14-22)17-4-2-15(3-5-17)21(30)28-10-16-11-29(27-20(16)12-28)19-8-6-18(7-9-19)23(24,25)26/h2-9,11H,10,12-14H2,1H3. The van der Waals surface area contributed by atoms with E-state index in [0.717, 1.165) is 29.0 Å². The molecule has 0 saturated carbocycles. The lowest BCUT2D eigenvalue weighted by Gasteiger charge is -2.40. The number of aromatic nitrogens is 2. The van der Waals surface area contributed by atoms with Crippen LogP contribution in [0, 0.1) is 0 Å². The highest BCUT2D eigenvalue weighted by Crippen LogP contribution is 2.34. The molecule has 0 atom stereocenters. The third-order valence-electron chi connectivity index (χ3n) is 6.04. The van der Waals surface area contributed by atoms with E-state index in [9.17, 15) is 18.0 Å². The molecule has 0 unspecified atom stereocenters. The number of methoxy groups -OCH3 is 1. The molecule has 0 bridgehead atoms. The largest absolute Gasteiger partial charge is 0.416 e. The molecule has 3 heterocycles. The first-order valence-corrected chi connectivity index (χ1v) is 10.1. The number of hydrogen-bond donors (Lipinski definition) is 0. The Morgan fingerprint density at radius 3 is 2.28 bits per heavy atom. The molecule has 2 aromatic carbocycles. The van der Waals surface area contributed by atoms with E-state index in [1.54, 1.807) is 35.0 Å². The average molecular weight is 443 g/mol. The van der Waals surface area contributed by atoms with Crippen molar-refractivity contribution in [1.82, 2.24) is 14.7 Å². The van der Waals surface area contributed by atoms with Gasteiger partial charge in [-0.05, 0) is 42.0 Å². The summed E-state index contributed by atoms with van der Waals surface area (Å²) < 4.78 is 50.7. The van der Waals surface area contributed by atoms with Crippen molar-refractivity contribution in [1.29, 1.82) is 0 Å². The molecule has 6 nitrogen and oxygen atoms in total. The molecule has 0 N–H and O–H groups in total. The number of halogens is 3. The van der Waals surface area contributed by atoms with Crippen LogP contribution >= 0.6 is 0 Å². The van der Waals surface area contributed by atoms with E-state index in [4.69, 9.17) is 9.47 Å². The van der Waals surface area contributed by atoms with E-state index >= 15 is 0 Å². The van der Waals surface area contributed by atoms with Crippen LogP contribution in [0.15, 0.2) is 54.7 Å². The lowest BCUT2D eigenvalue weighted by Crippen LogP contribution is -2.48. The van der Waals surface area contributed by atoms with Gasteiger partial charge in [-0.15, -0.1) is 0 Å². The summed E-state index contributed by atoms with van der Waals surface area (Å²) >= 11 is 0. The quantitative estimate of drug-likeness (QED) is 0.614. The summed E-state index contributed by atoms with van der Waals surface area (Å²) in [5.41, 5.74) is 2.55. The smallest absolute Gasteiger partial charge is 0.375 e. The van der Waals surface area contributed by atoms with Crippen LogP contribution < -0.4 is 0 Å². The van der Waals surface area contributed by atoms with Crippen molar-refractivity contribution in [3.05, 3.63) is 82.7 Å². The number of alkyl halides is 3. The second-order valence-electron chi connectivity index (χ2n) is 8.02. The zero-order valence-corrected chi connectivity index (χ0v) is 17.2. The first-order valence-electron chi connectivity index (χ1n) is 10.1. The minimum absolute atomic E-state index is 0.105. The predicted octanol–water partition coefficient (Wildman–Crippen LogP) is 3.92. The molecule has 1 amide bonds. The van der Waals surface area contributed by atoms with Gasteiger partial charge in [-0.3, -0.25) is 4.79 Å². The van der Waals surface area contributed by atoms with Crippen molar-refractivity contribution >= 4 is 5.91 Å². The Bertz CT molecular complexity index is 1120. The number of amides is 1. The van der Waals surface area contributed by atoms with Gasteiger partial charge in [-0.2, -0.15) is 18.3 Å². The van der Waals surface area contributed by atoms with Crippen molar-refractivity contribution in [3.63, 3.8) is 0 Å². The fraction of sp³-hybridized carbons (Fsp3) is 0.304. The molecule has 3 aromatic rings. The van der Waals surface area contributed by atoms with E-state index in [1.165, 1.54) is 12.1 Å². The Hall–Kier alpha value is -3.17. The van der Waals surface area contributed by atoms with E-state index in [-0.39, 0.29) is 5.91 Å². The summed E-state index contributed by atoms with van der Waals surface area (Å²) in [5, 5.41) is 4.47. The highest BCUT2D eigenvalue weighted by molar-refractivity contribution is 5.94. The number of nitrogens with zero attached hydrogens (tertiary/aromatic N) is 3. The van der Waals surface area contributed by atoms with E-state index < -0.39 is 17.3 Å². The lowest BCUT2D eigenvalue weighted by molar-refractivity contribution is -0.202. The van der Waals surface area contributed by atoms with Gasteiger partial charge in [0.1, 0.15) is 5.60 Å². The van der Waals surface area contributed by atoms with Gasteiger partial charge in [-0.25, -0.2) is 4.68 Å². The molecule has 0 spiro atoms. The molecular weight excluding hydrogens is 423 g/mol. The van der Waals surface area contributed by atoms with Crippen LogP contribution in [-0.4, -0.2) is 40.9 Å². The Balaban J connectivity index is 1.28. The highest BCUT2D eigenvalue weighted by atomic mass is 19.4. The van der Waals surface area contributed by atoms with E-state index in [1.807, 2.05) is 12.1 Å². The molecule has 5 rings (SSSR count). The maximum absolute atomic E-state index is 12.9. The van der Waals surface area contributed by atoms with Gasteiger partial charge < -0.3 is 14.4 Å². The summed E-state index contributed by atoms with van der Waals surface area (Å²) in [6, 6.07) is 12.2. The fourth-order valence-electron chi connectivity index (χ4n) is 4.02. The predicted molar refractivity (Wildman–Crippen MR) is 108 cm³/mol. The zero-order chi connectivity index (χ0) is 22.5. The molecule has 1 fully saturated rings. The molecule has 9 heteroatoms. The fourth-order valence-corrected chi connectivity index (χ4v) is 4.02. The Labute approximate surface area is 182 Å². The monoisotopic (exact) mass is 443 g/mol. The van der Waals surface area contributed by atoms with Gasteiger partial charge in [0.2, 0.25) is 0 Å². The van der Waals surface area contributed by atoms with Crippen molar-refractivity contribution in [2.75, 3.05) is 20.3 Å². The molecule has 2 aliphatic rings. The summed E-state index contributed by atoms with van der Waals surface area (Å²) in [6.45, 7) is 1.73. The van der Waals surface area contributed by atoms with E-state index in [2.05, 4.69) is 5.10 Å². The number of hydrogen-bond acceptors (Lipinski definition) is 4. The molecule has 0 aliphatic carbocycles. The Kier molecular flexibility index (Phi) is 4.83. The van der Waals surface area contributed by atoms with Gasteiger partial charge >= 0.3 is 6.18 Å². The van der Waals surface area contributed by atoms with Gasteiger partial charge in [0.05, 0.1) is 36.7 Å². The normalized spacial score (nSPS) is 17.2. The molecule has 166 valence electrons. The first kappa shape index (κ1) is 20.7. The summed E-state index contributed by atoms with van der Waals surface area (Å²) in [5.74, 6) is -0.105. The van der Waals surface area contributed by atoms with Crippen LogP contribution in [0.3, 0.4) is 0 Å². The number of carbonyl (C=O) groups excluding carboxylic acids is 1. The van der Waals surface area contributed by atoms with Crippen molar-refractivity contribution in [2.45, 2.75) is 24.9 Å². The SMILES string of the molecule is COC1(c2ccc(C(=O)N3Cc4cn(-c5ccc(C(F)(F)F)cc5)nc4C3)cc2)COC1. The van der Waals surface area contributed by atoms with Gasteiger partial charge in [0, 0.05) is 31.0 Å². The average Bonchev–Trinajstić information content (AvgIpc) is 3.32. The lowest BCUT2D eigenvalue weighted by atomic mass is 9.91. The number of ether oxygens (including phenoxy) is 2. The van der Waals surface area contributed by atoms with Crippen molar-refractivity contribution in [2.24, 2.45) is 0 Å². The second-order valence-corrected chi connectivity index (χ2v) is 8.02. The summed E-state index contributed by atoms with van der Waals surface area (Å²) in [4.78, 5) is 14.6. The second kappa shape index (κ2) is 7.46. The molecular formula is C23H20F3N3O3. The van der Waals surface area contributed by atoms with Crippen molar-refractivity contribution < 1.29 is 27.4 Å². The van der Waals surface area contributed by atoms with Crippen LogP contribution in [0.1, 0.15) is 32.7 Å². The van der Waals surface area contributed by atoms with Crippen LogP contribution in [-0.2, 0) is 34.3 Å². The number of carbonyl (C=O) groups is 1. The Morgan fingerprint density at radius 1 is 1.06 bits per heavy atom. The van der Waals surface area contributed by atoms with Crippen LogP contribution in [0.25, 0.3) is 5.69 Å². The number of fused-ring (bicyclic) bond motifs is 1. The van der Waals surface area contributed by atoms with Crippen molar-refractivity contribution in [3.8, 4) is 5.69 Å². The van der Waals surface area contributed by atoms with Crippen LogP contribution in [0.2, 0.25) is 0 Å². The number of benzene rings is 2. The summed E-state index contributed by atoms with van der Waals surface area (Å²) in [7, 11) is 1.65. The third-order valence-corrected chi connectivity index (χ3v) is 6.04. The Morgan fingerprint density at radius 2 is 1.75 bits per heavy atom. The van der Waals surface area contributed by atoms with Gasteiger partial charge in [0.15, 0.2) is 0 Å². The zero-order valence-electron chi connectivity index (χ0n) is 17.2. The van der Waals surface area contributed by atoms with E-state index in [0.29, 0.717) is 37.6 Å². The topological polar surface area (TPSA) is 56.6 Å². The molecule has 0 radical (unpaired) electrons. The minimum atomic E-state index is -4.38. The molecule has 32 heavy (non-hydrogen) atoms. The third kappa shape index (κ3) is 3.47. The van der Waals surface area contributed by atoms with Gasteiger partial charge in [-0.1, -0.05) is 12.1 Å². The molecule has 2 aliphatic heterocycles. The summed E-state index contributed by atoms with van der Waals surface area (Å²) in [6.07, 6.45) is -2.62. The number of rotatable bonds is 4. The van der Waals surface area contributed by atoms with Gasteiger partial charge in [0.25, 0.3) is 5.91 Å². The maximum atomic E-state index is 12.9. The van der Waals surface area contributed by atoms with Crippen LogP contribution in [0.4, 0.5) is 13.2 Å². The first-order chi connectivity index (χ1) is 15.3. The molecule has 1 saturated heterocycles.